The second-order valence-electron chi connectivity index (χ2n) is 4.70. The number of aromatic nitrogens is 2. The Labute approximate surface area is 145 Å². The van der Waals surface area contributed by atoms with E-state index in [-0.39, 0.29) is 22.0 Å². The molecule has 1 atom stereocenters. The maximum absolute atomic E-state index is 13.0. The number of halogens is 3. The Bertz CT molecular complexity index is 705. The SMILES string of the molecule is CCNC(=O)[C@@H](C)Sc1nnc(Nc2ccccc2C(F)(F)F)s1. The van der Waals surface area contributed by atoms with Crippen LogP contribution in [0.15, 0.2) is 28.6 Å². The van der Waals surface area contributed by atoms with Crippen LogP contribution in [-0.4, -0.2) is 27.9 Å². The van der Waals surface area contributed by atoms with E-state index in [0.29, 0.717) is 10.9 Å². The Morgan fingerprint density at radius 2 is 2.04 bits per heavy atom. The summed E-state index contributed by atoms with van der Waals surface area (Å²) in [5.41, 5.74) is -0.862. The third-order valence-electron chi connectivity index (χ3n) is 2.88. The predicted octanol–water partition coefficient (Wildman–Crippen LogP) is 3.92. The van der Waals surface area contributed by atoms with E-state index in [2.05, 4.69) is 20.8 Å². The molecule has 0 fully saturated rings. The second kappa shape index (κ2) is 7.84. The highest BCUT2D eigenvalue weighted by Crippen LogP contribution is 2.37. The van der Waals surface area contributed by atoms with Crippen LogP contribution in [0.1, 0.15) is 19.4 Å². The van der Waals surface area contributed by atoms with Crippen LogP contribution >= 0.6 is 23.1 Å². The number of benzene rings is 1. The summed E-state index contributed by atoms with van der Waals surface area (Å²) >= 11 is 2.30. The minimum absolute atomic E-state index is 0.0884. The van der Waals surface area contributed by atoms with E-state index in [1.807, 2.05) is 6.92 Å². The maximum Gasteiger partial charge on any atom is 0.418 e. The van der Waals surface area contributed by atoms with Crippen molar-refractivity contribution in [1.29, 1.82) is 0 Å². The van der Waals surface area contributed by atoms with E-state index in [9.17, 15) is 18.0 Å². The van der Waals surface area contributed by atoms with Gasteiger partial charge < -0.3 is 10.6 Å². The molecule has 2 rings (SSSR count). The number of alkyl halides is 3. The van der Waals surface area contributed by atoms with Gasteiger partial charge in [0.15, 0.2) is 4.34 Å². The molecule has 1 aromatic heterocycles. The minimum Gasteiger partial charge on any atom is -0.355 e. The van der Waals surface area contributed by atoms with Crippen LogP contribution in [0, 0.1) is 0 Å². The number of hydrogen-bond acceptors (Lipinski definition) is 6. The molecule has 0 radical (unpaired) electrons. The molecule has 10 heteroatoms. The number of para-hydroxylation sites is 1. The van der Waals surface area contributed by atoms with Crippen LogP contribution in [0.3, 0.4) is 0 Å². The molecular formula is C14H15F3N4OS2. The first-order valence-corrected chi connectivity index (χ1v) is 8.72. The molecule has 0 aliphatic rings. The zero-order valence-corrected chi connectivity index (χ0v) is 14.5. The van der Waals surface area contributed by atoms with Gasteiger partial charge in [0.05, 0.1) is 16.5 Å². The van der Waals surface area contributed by atoms with Crippen LogP contribution in [-0.2, 0) is 11.0 Å². The van der Waals surface area contributed by atoms with Crippen LogP contribution in [0.25, 0.3) is 0 Å². The lowest BCUT2D eigenvalue weighted by Crippen LogP contribution is -2.30. The Morgan fingerprint density at radius 1 is 1.33 bits per heavy atom. The van der Waals surface area contributed by atoms with Crippen LogP contribution in [0.5, 0.6) is 0 Å². The normalized spacial score (nSPS) is 12.7. The summed E-state index contributed by atoms with van der Waals surface area (Å²) < 4.78 is 39.4. The van der Waals surface area contributed by atoms with Crippen molar-refractivity contribution in [3.05, 3.63) is 29.8 Å². The van der Waals surface area contributed by atoms with E-state index in [1.165, 1.54) is 30.0 Å². The molecule has 1 heterocycles. The molecule has 2 aromatic rings. The van der Waals surface area contributed by atoms with Crippen molar-refractivity contribution in [3.63, 3.8) is 0 Å². The van der Waals surface area contributed by atoms with Crippen molar-refractivity contribution < 1.29 is 18.0 Å². The summed E-state index contributed by atoms with van der Waals surface area (Å²) in [4.78, 5) is 11.7. The van der Waals surface area contributed by atoms with E-state index < -0.39 is 11.7 Å². The summed E-state index contributed by atoms with van der Waals surface area (Å²) in [5.74, 6) is -0.130. The van der Waals surface area contributed by atoms with Gasteiger partial charge in [0.1, 0.15) is 0 Å². The Kier molecular flexibility index (Phi) is 6.05. The lowest BCUT2D eigenvalue weighted by atomic mass is 10.2. The number of thioether (sulfide) groups is 1. The van der Waals surface area contributed by atoms with Crippen LogP contribution in [0.4, 0.5) is 24.0 Å². The third kappa shape index (κ3) is 4.84. The first-order chi connectivity index (χ1) is 11.3. The van der Waals surface area contributed by atoms with Crippen molar-refractivity contribution in [2.75, 3.05) is 11.9 Å². The Balaban J connectivity index is 2.09. The van der Waals surface area contributed by atoms with Gasteiger partial charge in [0.25, 0.3) is 0 Å². The molecule has 2 N–H and O–H groups in total. The topological polar surface area (TPSA) is 66.9 Å². The molecule has 0 saturated heterocycles. The summed E-state index contributed by atoms with van der Waals surface area (Å²) in [6, 6.07) is 5.15. The first kappa shape index (κ1) is 18.5. The quantitative estimate of drug-likeness (QED) is 0.748. The summed E-state index contributed by atoms with van der Waals surface area (Å²) in [7, 11) is 0. The van der Waals surface area contributed by atoms with Gasteiger partial charge in [-0.2, -0.15) is 13.2 Å². The Morgan fingerprint density at radius 3 is 2.71 bits per heavy atom. The summed E-state index contributed by atoms with van der Waals surface area (Å²) in [6.45, 7) is 4.07. The number of amides is 1. The van der Waals surface area contributed by atoms with Crippen molar-refractivity contribution in [3.8, 4) is 0 Å². The van der Waals surface area contributed by atoms with Gasteiger partial charge in [0, 0.05) is 6.54 Å². The zero-order valence-electron chi connectivity index (χ0n) is 12.8. The molecule has 0 unspecified atom stereocenters. The largest absolute Gasteiger partial charge is 0.418 e. The molecule has 130 valence electrons. The number of hydrogen-bond donors (Lipinski definition) is 2. The van der Waals surface area contributed by atoms with E-state index >= 15 is 0 Å². The number of carbonyl (C=O) groups excluding carboxylic acids is 1. The average molecular weight is 376 g/mol. The van der Waals surface area contributed by atoms with Gasteiger partial charge in [-0.25, -0.2) is 0 Å². The van der Waals surface area contributed by atoms with Crippen molar-refractivity contribution in [1.82, 2.24) is 15.5 Å². The number of rotatable bonds is 6. The summed E-state index contributed by atoms with van der Waals surface area (Å²) in [6.07, 6.45) is -4.46. The third-order valence-corrected chi connectivity index (χ3v) is 4.90. The van der Waals surface area contributed by atoms with E-state index in [0.717, 1.165) is 17.4 Å². The molecule has 24 heavy (non-hydrogen) atoms. The fourth-order valence-electron chi connectivity index (χ4n) is 1.79. The Hall–Kier alpha value is -1.81. The van der Waals surface area contributed by atoms with E-state index in [4.69, 9.17) is 0 Å². The van der Waals surface area contributed by atoms with Gasteiger partial charge in [-0.3, -0.25) is 4.79 Å². The zero-order chi connectivity index (χ0) is 17.7. The molecule has 5 nitrogen and oxygen atoms in total. The molecule has 0 saturated carbocycles. The summed E-state index contributed by atoms with van der Waals surface area (Å²) in [5, 5.41) is 12.9. The average Bonchev–Trinajstić information content (AvgIpc) is 2.94. The highest BCUT2D eigenvalue weighted by atomic mass is 32.2. The molecule has 0 aliphatic heterocycles. The number of nitrogens with zero attached hydrogens (tertiary/aromatic N) is 2. The van der Waals surface area contributed by atoms with Crippen molar-refractivity contribution in [2.24, 2.45) is 0 Å². The standard InChI is InChI=1S/C14H15F3N4OS2/c1-3-18-11(22)8(2)23-13-21-20-12(24-13)19-10-7-5-4-6-9(10)14(15,16)17/h4-8H,3H2,1-2H3,(H,18,22)(H,19,20)/t8-/m1/s1. The van der Waals surface area contributed by atoms with Gasteiger partial charge in [0.2, 0.25) is 11.0 Å². The first-order valence-electron chi connectivity index (χ1n) is 7.02. The van der Waals surface area contributed by atoms with Crippen LogP contribution < -0.4 is 10.6 Å². The monoisotopic (exact) mass is 376 g/mol. The highest BCUT2D eigenvalue weighted by molar-refractivity contribution is 8.02. The predicted molar refractivity (Wildman–Crippen MR) is 88.6 cm³/mol. The molecule has 1 amide bonds. The maximum atomic E-state index is 13.0. The van der Waals surface area contributed by atoms with E-state index in [1.54, 1.807) is 6.92 Å². The molecule has 0 spiro atoms. The van der Waals surface area contributed by atoms with Gasteiger partial charge in [-0.1, -0.05) is 35.2 Å². The molecular weight excluding hydrogens is 361 g/mol. The smallest absolute Gasteiger partial charge is 0.355 e. The fraction of sp³-hybridized carbons (Fsp3) is 0.357. The number of carbonyl (C=O) groups is 1. The second-order valence-corrected chi connectivity index (χ2v) is 7.26. The van der Waals surface area contributed by atoms with Crippen molar-refractivity contribution in [2.45, 2.75) is 29.6 Å². The lowest BCUT2D eigenvalue weighted by Gasteiger charge is -2.12. The van der Waals surface area contributed by atoms with Gasteiger partial charge in [-0.15, -0.1) is 10.2 Å². The molecule has 0 bridgehead atoms. The lowest BCUT2D eigenvalue weighted by molar-refractivity contribution is -0.137. The number of nitrogens with one attached hydrogen (secondary N) is 2. The highest BCUT2D eigenvalue weighted by Gasteiger charge is 2.33. The molecule has 1 aromatic carbocycles. The minimum atomic E-state index is -4.46. The van der Waals surface area contributed by atoms with Crippen LogP contribution in [0.2, 0.25) is 0 Å². The van der Waals surface area contributed by atoms with Crippen molar-refractivity contribution >= 4 is 39.8 Å². The van der Waals surface area contributed by atoms with Gasteiger partial charge >= 0.3 is 6.18 Å². The molecule has 0 aliphatic carbocycles. The number of anilines is 2. The fourth-order valence-corrected chi connectivity index (χ4v) is 3.72. The van der Waals surface area contributed by atoms with Gasteiger partial charge in [-0.05, 0) is 26.0 Å².